The maximum atomic E-state index is 12.2. The van der Waals surface area contributed by atoms with Gasteiger partial charge in [0.15, 0.2) is 5.84 Å². The van der Waals surface area contributed by atoms with Crippen LogP contribution < -0.4 is 10.7 Å². The highest BCUT2D eigenvalue weighted by atomic mass is 16.6. The number of hydrogen-bond acceptors (Lipinski definition) is 7. The Morgan fingerprint density at radius 2 is 2.00 bits per heavy atom. The lowest BCUT2D eigenvalue weighted by Crippen LogP contribution is -2.60. The summed E-state index contributed by atoms with van der Waals surface area (Å²) in [6.07, 6.45) is 4.21. The van der Waals surface area contributed by atoms with Gasteiger partial charge in [-0.2, -0.15) is 5.10 Å². The average molecular weight is 432 g/mol. The maximum absolute atomic E-state index is 12.2. The largest absolute Gasteiger partial charge is 0.444 e. The van der Waals surface area contributed by atoms with Crippen LogP contribution >= 0.6 is 0 Å². The number of hydrogen-bond donors (Lipinski definition) is 2. The van der Waals surface area contributed by atoms with E-state index in [2.05, 4.69) is 28.8 Å². The highest BCUT2D eigenvalue weighted by Gasteiger charge is 2.37. The number of ether oxygens (including phenoxy) is 2. The van der Waals surface area contributed by atoms with Gasteiger partial charge in [0, 0.05) is 24.5 Å². The molecule has 1 atom stereocenters. The lowest BCUT2D eigenvalue weighted by atomic mass is 10.0. The van der Waals surface area contributed by atoms with E-state index in [1.807, 2.05) is 32.6 Å². The van der Waals surface area contributed by atoms with Crippen molar-refractivity contribution in [1.82, 2.24) is 20.5 Å². The van der Waals surface area contributed by atoms with Crippen molar-refractivity contribution < 1.29 is 19.1 Å². The van der Waals surface area contributed by atoms with Gasteiger partial charge in [-0.05, 0) is 65.0 Å². The van der Waals surface area contributed by atoms with E-state index in [9.17, 15) is 9.59 Å². The summed E-state index contributed by atoms with van der Waals surface area (Å²) in [5.41, 5.74) is 5.34. The number of nitrogens with zero attached hydrogens (tertiary/aromatic N) is 3. The number of likely N-dealkylation sites (tertiary alicyclic amines) is 1. The molecule has 9 nitrogen and oxygen atoms in total. The third kappa shape index (κ3) is 4.87. The van der Waals surface area contributed by atoms with Crippen molar-refractivity contribution in [3.8, 4) is 0 Å². The van der Waals surface area contributed by atoms with E-state index >= 15 is 0 Å². The zero-order chi connectivity index (χ0) is 22.3. The minimum absolute atomic E-state index is 0.124. The number of rotatable bonds is 4. The van der Waals surface area contributed by atoms with Crippen molar-refractivity contribution >= 4 is 17.8 Å². The summed E-state index contributed by atoms with van der Waals surface area (Å²) >= 11 is 0. The second kappa shape index (κ2) is 8.18. The number of morpholine rings is 1. The molecule has 0 radical (unpaired) electrons. The summed E-state index contributed by atoms with van der Waals surface area (Å²) in [6.45, 7) is 11.7. The highest BCUT2D eigenvalue weighted by Crippen LogP contribution is 2.38. The fourth-order valence-corrected chi connectivity index (χ4v) is 3.99. The molecule has 31 heavy (non-hydrogen) atoms. The summed E-state index contributed by atoms with van der Waals surface area (Å²) in [4.78, 5) is 28.1. The molecule has 2 N–H and O–H groups in total. The monoisotopic (exact) mass is 431 g/mol. The number of nitrogens with one attached hydrogen (secondary N) is 2. The number of fused-ring (bicyclic) bond motifs is 1. The van der Waals surface area contributed by atoms with Crippen molar-refractivity contribution in [3.05, 3.63) is 23.0 Å². The van der Waals surface area contributed by atoms with E-state index in [-0.39, 0.29) is 24.1 Å². The predicted molar refractivity (Wildman–Crippen MR) is 116 cm³/mol. The fourth-order valence-electron chi connectivity index (χ4n) is 3.99. The van der Waals surface area contributed by atoms with Crippen molar-refractivity contribution in [3.63, 3.8) is 0 Å². The standard InChI is InChI=1S/C22H33N5O4/c1-13(15-6-7-15)18(23-16-9-26(10-16)21(29)31-22(3,4)5)8-17-11-30-12-19-24-25-20(28)14(2)27(17)19/h8,14-16,23H,6-7,9-12H2,1-5H3,(H,25,28)/b17-8+,18-13-/t14-/m1/s1. The second-order valence-electron chi connectivity index (χ2n) is 9.78. The molecule has 0 unspecified atom stereocenters. The zero-order valence-electron chi connectivity index (χ0n) is 19.0. The molecule has 2 saturated heterocycles. The summed E-state index contributed by atoms with van der Waals surface area (Å²) in [6, 6.07) is -0.177. The van der Waals surface area contributed by atoms with E-state index in [4.69, 9.17) is 9.47 Å². The first-order chi connectivity index (χ1) is 14.6. The van der Waals surface area contributed by atoms with E-state index < -0.39 is 5.60 Å². The molecule has 3 fully saturated rings. The first kappa shape index (κ1) is 21.7. The summed E-state index contributed by atoms with van der Waals surface area (Å²) in [5.74, 6) is 1.18. The van der Waals surface area contributed by atoms with Gasteiger partial charge in [0.1, 0.15) is 18.2 Å². The molecule has 170 valence electrons. The quantitative estimate of drug-likeness (QED) is 0.706. The molecule has 0 aromatic rings. The molecule has 4 aliphatic rings. The SMILES string of the molecule is C/C(=C(\C=C1/COCC2=NNC(=O)[C@@H](C)N21)NC1CN(C(=O)OC(C)(C)C)C1)C1CC1. The van der Waals surface area contributed by atoms with Crippen LogP contribution in [-0.4, -0.2) is 71.6 Å². The molecule has 0 aromatic heterocycles. The third-order valence-corrected chi connectivity index (χ3v) is 5.95. The van der Waals surface area contributed by atoms with Crippen LogP contribution in [0.2, 0.25) is 0 Å². The molecular weight excluding hydrogens is 398 g/mol. The van der Waals surface area contributed by atoms with Gasteiger partial charge in [-0.3, -0.25) is 4.79 Å². The Labute approximate surface area is 183 Å². The van der Waals surface area contributed by atoms with Gasteiger partial charge < -0.3 is 24.6 Å². The van der Waals surface area contributed by atoms with Crippen LogP contribution in [0.3, 0.4) is 0 Å². The van der Waals surface area contributed by atoms with Crippen molar-refractivity contribution in [2.24, 2.45) is 11.0 Å². The van der Waals surface area contributed by atoms with Gasteiger partial charge in [-0.1, -0.05) is 0 Å². The second-order valence-corrected chi connectivity index (χ2v) is 9.78. The molecule has 3 aliphatic heterocycles. The van der Waals surface area contributed by atoms with Crippen LogP contribution in [0.25, 0.3) is 0 Å². The van der Waals surface area contributed by atoms with Crippen LogP contribution in [0.5, 0.6) is 0 Å². The molecule has 2 amide bonds. The average Bonchev–Trinajstić information content (AvgIpc) is 3.49. The molecule has 0 spiro atoms. The van der Waals surface area contributed by atoms with Crippen LogP contribution in [0.1, 0.15) is 47.5 Å². The van der Waals surface area contributed by atoms with Crippen LogP contribution in [0, 0.1) is 5.92 Å². The molecule has 1 saturated carbocycles. The van der Waals surface area contributed by atoms with Crippen LogP contribution in [0.15, 0.2) is 28.1 Å². The van der Waals surface area contributed by atoms with Crippen molar-refractivity contribution in [1.29, 1.82) is 0 Å². The van der Waals surface area contributed by atoms with Gasteiger partial charge in [0.05, 0.1) is 12.6 Å². The number of carbonyl (C=O) groups is 2. The van der Waals surface area contributed by atoms with E-state index in [1.54, 1.807) is 4.90 Å². The van der Waals surface area contributed by atoms with Crippen LogP contribution in [-0.2, 0) is 14.3 Å². The molecular formula is C22H33N5O4. The molecule has 1 aliphatic carbocycles. The summed E-state index contributed by atoms with van der Waals surface area (Å²) in [5, 5.41) is 7.78. The van der Waals surface area contributed by atoms with Gasteiger partial charge in [-0.15, -0.1) is 0 Å². The molecule has 0 bridgehead atoms. The molecule has 9 heteroatoms. The molecule has 0 aromatic carbocycles. The topological polar surface area (TPSA) is 95.5 Å². The Morgan fingerprint density at radius 3 is 2.65 bits per heavy atom. The Hall–Kier alpha value is -2.55. The summed E-state index contributed by atoms with van der Waals surface area (Å²) < 4.78 is 11.2. The number of allylic oxidation sites excluding steroid dienone is 2. The van der Waals surface area contributed by atoms with E-state index in [0.717, 1.165) is 11.4 Å². The Bertz CT molecular complexity index is 846. The molecule has 3 heterocycles. The lowest BCUT2D eigenvalue weighted by molar-refractivity contribution is -0.125. The Balaban J connectivity index is 1.48. The zero-order valence-corrected chi connectivity index (χ0v) is 19.0. The highest BCUT2D eigenvalue weighted by molar-refractivity contribution is 5.96. The van der Waals surface area contributed by atoms with E-state index in [1.165, 1.54) is 18.4 Å². The van der Waals surface area contributed by atoms with Gasteiger partial charge in [0.25, 0.3) is 5.91 Å². The van der Waals surface area contributed by atoms with Gasteiger partial charge in [-0.25, -0.2) is 10.2 Å². The third-order valence-electron chi connectivity index (χ3n) is 5.95. The van der Waals surface area contributed by atoms with Crippen molar-refractivity contribution in [2.75, 3.05) is 26.3 Å². The first-order valence-corrected chi connectivity index (χ1v) is 11.0. The van der Waals surface area contributed by atoms with Gasteiger partial charge in [0.2, 0.25) is 0 Å². The summed E-state index contributed by atoms with van der Waals surface area (Å²) in [7, 11) is 0. The fraction of sp³-hybridized carbons (Fsp3) is 0.682. The molecule has 4 rings (SSSR count). The predicted octanol–water partition coefficient (Wildman–Crippen LogP) is 1.93. The van der Waals surface area contributed by atoms with Gasteiger partial charge >= 0.3 is 6.09 Å². The number of hydrazone groups is 1. The smallest absolute Gasteiger partial charge is 0.410 e. The Morgan fingerprint density at radius 1 is 1.29 bits per heavy atom. The van der Waals surface area contributed by atoms with Crippen LogP contribution in [0.4, 0.5) is 4.79 Å². The number of carbonyl (C=O) groups excluding carboxylic acids is 2. The lowest BCUT2D eigenvalue weighted by Gasteiger charge is -2.41. The number of amides is 2. The Kier molecular flexibility index (Phi) is 5.72. The minimum Gasteiger partial charge on any atom is -0.444 e. The minimum atomic E-state index is -0.495. The van der Waals surface area contributed by atoms with E-state index in [0.29, 0.717) is 38.1 Å². The number of amidine groups is 1. The normalized spacial score (nSPS) is 26.5. The maximum Gasteiger partial charge on any atom is 0.410 e. The first-order valence-electron chi connectivity index (χ1n) is 11.0. The van der Waals surface area contributed by atoms with Crippen molar-refractivity contribution in [2.45, 2.75) is 65.1 Å².